The highest BCUT2D eigenvalue weighted by Crippen LogP contribution is 2.52. The maximum atomic E-state index is 12.8. The number of carbonyl (C=O) groups is 2. The Morgan fingerprint density at radius 2 is 1.76 bits per heavy atom. The van der Waals surface area contributed by atoms with E-state index in [-0.39, 0.29) is 30.1 Å². The van der Waals surface area contributed by atoms with Gasteiger partial charge in [0.2, 0.25) is 5.91 Å². The molecule has 2 aliphatic carbocycles. The van der Waals surface area contributed by atoms with E-state index >= 15 is 0 Å². The highest BCUT2D eigenvalue weighted by atomic mass is 19.1. The van der Waals surface area contributed by atoms with Crippen LogP contribution in [0.15, 0.2) is 24.3 Å². The van der Waals surface area contributed by atoms with E-state index < -0.39 is 17.8 Å². The lowest BCUT2D eigenvalue weighted by Gasteiger charge is -2.30. The first-order chi connectivity index (χ1) is 10.1. The second-order valence-electron chi connectivity index (χ2n) is 6.05. The van der Waals surface area contributed by atoms with Crippen molar-refractivity contribution >= 4 is 11.9 Å². The predicted molar refractivity (Wildman–Crippen MR) is 71.1 cm³/mol. The third-order valence-corrected chi connectivity index (χ3v) is 4.87. The standard InChI is InChI=1S/C16H18FNO3/c17-12-5-1-9(2-6-12)8-18-15(19)13-10-3-4-11(7-10)14(13)16(20)21/h1-2,5-6,10-11,13-14H,3-4,7-8H2,(H,18,19)(H,20,21)/p-1/t10-,11+,13+,14+/m1/s1. The Kier molecular flexibility index (Phi) is 3.66. The first kappa shape index (κ1) is 14.0. The van der Waals surface area contributed by atoms with Crippen molar-refractivity contribution in [2.45, 2.75) is 25.8 Å². The van der Waals surface area contributed by atoms with Gasteiger partial charge in [0, 0.05) is 24.3 Å². The summed E-state index contributed by atoms with van der Waals surface area (Å²) in [6.45, 7) is 0.284. The van der Waals surface area contributed by atoms with Crippen molar-refractivity contribution < 1.29 is 19.1 Å². The summed E-state index contributed by atoms with van der Waals surface area (Å²) < 4.78 is 12.8. The molecule has 2 bridgehead atoms. The molecule has 0 unspecified atom stereocenters. The zero-order valence-electron chi connectivity index (χ0n) is 11.5. The lowest BCUT2D eigenvalue weighted by Crippen LogP contribution is -2.45. The Hall–Kier alpha value is -1.91. The number of halogens is 1. The van der Waals surface area contributed by atoms with E-state index in [0.717, 1.165) is 24.8 Å². The number of aliphatic carboxylic acids is 1. The molecule has 0 aromatic heterocycles. The predicted octanol–water partition coefficient (Wildman–Crippen LogP) is 0.854. The molecule has 1 N–H and O–H groups in total. The molecule has 1 aromatic rings. The molecule has 0 heterocycles. The summed E-state index contributed by atoms with van der Waals surface area (Å²) in [7, 11) is 0. The van der Waals surface area contributed by atoms with Crippen LogP contribution >= 0.6 is 0 Å². The fourth-order valence-electron chi connectivity index (χ4n) is 3.92. The van der Waals surface area contributed by atoms with Gasteiger partial charge in [0.05, 0.1) is 0 Å². The second kappa shape index (κ2) is 5.47. The van der Waals surface area contributed by atoms with Gasteiger partial charge in [-0.05, 0) is 48.8 Å². The van der Waals surface area contributed by atoms with E-state index in [0.29, 0.717) is 0 Å². The van der Waals surface area contributed by atoms with Crippen LogP contribution in [0.5, 0.6) is 0 Å². The highest BCUT2D eigenvalue weighted by Gasteiger charge is 2.51. The van der Waals surface area contributed by atoms with Gasteiger partial charge in [-0.1, -0.05) is 12.1 Å². The maximum absolute atomic E-state index is 12.8. The van der Waals surface area contributed by atoms with E-state index in [9.17, 15) is 19.1 Å². The van der Waals surface area contributed by atoms with Crippen LogP contribution in [0.1, 0.15) is 24.8 Å². The number of hydrogen-bond acceptors (Lipinski definition) is 3. The first-order valence-electron chi connectivity index (χ1n) is 7.29. The molecular formula is C16H17FNO3-. The Balaban J connectivity index is 1.64. The monoisotopic (exact) mass is 290 g/mol. The second-order valence-corrected chi connectivity index (χ2v) is 6.05. The van der Waals surface area contributed by atoms with Gasteiger partial charge in [0.1, 0.15) is 5.82 Å². The van der Waals surface area contributed by atoms with E-state index in [1.54, 1.807) is 12.1 Å². The molecule has 0 radical (unpaired) electrons. The topological polar surface area (TPSA) is 69.2 Å². The molecule has 1 aromatic carbocycles. The summed E-state index contributed by atoms with van der Waals surface area (Å²) in [6.07, 6.45) is 2.61. The SMILES string of the molecule is O=C([O-])[C@H]1[C@H]2CC[C@H](C2)[C@@H]1C(=O)NCc1ccc(F)cc1. The zero-order chi connectivity index (χ0) is 15.0. The molecule has 21 heavy (non-hydrogen) atoms. The fourth-order valence-corrected chi connectivity index (χ4v) is 3.92. The summed E-state index contributed by atoms with van der Waals surface area (Å²) in [5.41, 5.74) is 0.790. The molecule has 2 saturated carbocycles. The number of amides is 1. The Morgan fingerprint density at radius 3 is 2.38 bits per heavy atom. The molecule has 0 spiro atoms. The molecule has 0 saturated heterocycles. The maximum Gasteiger partial charge on any atom is 0.224 e. The highest BCUT2D eigenvalue weighted by molar-refractivity contribution is 5.85. The minimum atomic E-state index is -1.11. The van der Waals surface area contributed by atoms with Gasteiger partial charge in [0.25, 0.3) is 0 Å². The van der Waals surface area contributed by atoms with Gasteiger partial charge < -0.3 is 15.2 Å². The van der Waals surface area contributed by atoms with Crippen molar-refractivity contribution in [3.63, 3.8) is 0 Å². The number of carbonyl (C=O) groups excluding carboxylic acids is 2. The lowest BCUT2D eigenvalue weighted by molar-refractivity contribution is -0.314. The molecule has 1 amide bonds. The largest absolute Gasteiger partial charge is 0.550 e. The molecule has 4 nitrogen and oxygen atoms in total. The van der Waals surface area contributed by atoms with Gasteiger partial charge in [-0.25, -0.2) is 4.39 Å². The van der Waals surface area contributed by atoms with Crippen LogP contribution in [0, 0.1) is 29.5 Å². The molecule has 112 valence electrons. The molecule has 2 aliphatic rings. The Bertz CT molecular complexity index is 557. The van der Waals surface area contributed by atoms with Gasteiger partial charge in [-0.3, -0.25) is 4.79 Å². The lowest BCUT2D eigenvalue weighted by atomic mass is 9.78. The van der Waals surface area contributed by atoms with Crippen molar-refractivity contribution in [2.24, 2.45) is 23.7 Å². The van der Waals surface area contributed by atoms with Crippen LogP contribution in [-0.4, -0.2) is 11.9 Å². The minimum absolute atomic E-state index is 0.0848. The number of rotatable bonds is 4. The summed E-state index contributed by atoms with van der Waals surface area (Å²) in [5, 5.41) is 14.1. The molecule has 3 rings (SSSR count). The van der Waals surface area contributed by atoms with E-state index in [2.05, 4.69) is 5.32 Å². The molecule has 2 fully saturated rings. The smallest absolute Gasteiger partial charge is 0.224 e. The first-order valence-corrected chi connectivity index (χ1v) is 7.29. The quantitative estimate of drug-likeness (QED) is 0.894. The number of nitrogens with one attached hydrogen (secondary N) is 1. The van der Waals surface area contributed by atoms with Crippen LogP contribution < -0.4 is 10.4 Å². The van der Waals surface area contributed by atoms with Crippen LogP contribution in [0.4, 0.5) is 4.39 Å². The van der Waals surface area contributed by atoms with Crippen LogP contribution in [0.2, 0.25) is 0 Å². The van der Waals surface area contributed by atoms with E-state index in [1.165, 1.54) is 12.1 Å². The minimum Gasteiger partial charge on any atom is -0.550 e. The van der Waals surface area contributed by atoms with Crippen molar-refractivity contribution in [3.8, 4) is 0 Å². The normalized spacial score (nSPS) is 30.3. The average molecular weight is 290 g/mol. The summed E-state index contributed by atoms with van der Waals surface area (Å²) in [5.74, 6) is -2.54. The summed E-state index contributed by atoms with van der Waals surface area (Å²) >= 11 is 0. The summed E-state index contributed by atoms with van der Waals surface area (Å²) in [4.78, 5) is 23.6. The van der Waals surface area contributed by atoms with Crippen molar-refractivity contribution in [3.05, 3.63) is 35.6 Å². The van der Waals surface area contributed by atoms with Crippen LogP contribution in [-0.2, 0) is 16.1 Å². The summed E-state index contributed by atoms with van der Waals surface area (Å²) in [6, 6.07) is 5.88. The zero-order valence-corrected chi connectivity index (χ0v) is 11.5. The average Bonchev–Trinajstić information content (AvgIpc) is 3.06. The van der Waals surface area contributed by atoms with Crippen LogP contribution in [0.3, 0.4) is 0 Å². The number of benzene rings is 1. The van der Waals surface area contributed by atoms with Crippen molar-refractivity contribution in [1.82, 2.24) is 5.32 Å². The van der Waals surface area contributed by atoms with Crippen LogP contribution in [0.25, 0.3) is 0 Å². The molecule has 0 aliphatic heterocycles. The molecule has 4 atom stereocenters. The van der Waals surface area contributed by atoms with Crippen molar-refractivity contribution in [1.29, 1.82) is 0 Å². The fraction of sp³-hybridized carbons (Fsp3) is 0.500. The Morgan fingerprint density at radius 1 is 1.14 bits per heavy atom. The van der Waals surface area contributed by atoms with E-state index in [4.69, 9.17) is 0 Å². The van der Waals surface area contributed by atoms with Crippen molar-refractivity contribution in [2.75, 3.05) is 0 Å². The molecule has 5 heteroatoms. The number of hydrogen-bond donors (Lipinski definition) is 1. The number of fused-ring (bicyclic) bond motifs is 2. The van der Waals surface area contributed by atoms with Gasteiger partial charge in [0.15, 0.2) is 0 Å². The Labute approximate surface area is 122 Å². The molecular weight excluding hydrogens is 273 g/mol. The third kappa shape index (κ3) is 2.64. The van der Waals surface area contributed by atoms with E-state index in [1.807, 2.05) is 0 Å². The number of carboxylic acids is 1. The third-order valence-electron chi connectivity index (χ3n) is 4.87. The van der Waals surface area contributed by atoms with Gasteiger partial charge in [-0.2, -0.15) is 0 Å². The number of carboxylic acid groups (broad SMARTS) is 1. The van der Waals surface area contributed by atoms with Gasteiger partial charge >= 0.3 is 0 Å². The van der Waals surface area contributed by atoms with Gasteiger partial charge in [-0.15, -0.1) is 0 Å².